The predicted octanol–water partition coefficient (Wildman–Crippen LogP) is 2.05. The van der Waals surface area contributed by atoms with Crippen LogP contribution in [-0.2, 0) is 19.6 Å². The van der Waals surface area contributed by atoms with E-state index in [1.165, 1.54) is 19.2 Å². The Bertz CT molecular complexity index is 591. The van der Waals surface area contributed by atoms with Crippen molar-refractivity contribution < 1.29 is 22.3 Å². The Morgan fingerprint density at radius 1 is 1.45 bits per heavy atom. The summed E-state index contributed by atoms with van der Waals surface area (Å²) < 4.78 is 43.9. The minimum absolute atomic E-state index is 0.0859. The number of ether oxygens (including phenoxy) is 1. The van der Waals surface area contributed by atoms with E-state index in [9.17, 15) is 17.6 Å². The predicted molar refractivity (Wildman–Crippen MR) is 72.5 cm³/mol. The zero-order valence-corrected chi connectivity index (χ0v) is 12.7. The second-order valence-corrected chi connectivity index (χ2v) is 6.19. The molecule has 0 unspecified atom stereocenters. The summed E-state index contributed by atoms with van der Waals surface area (Å²) >= 11 is 5.59. The van der Waals surface area contributed by atoms with E-state index in [1.54, 1.807) is 6.92 Å². The van der Waals surface area contributed by atoms with Crippen LogP contribution in [0.15, 0.2) is 23.1 Å². The molecule has 0 saturated carbocycles. The highest BCUT2D eigenvalue weighted by atomic mass is 35.5. The average Bonchev–Trinajstić information content (AvgIpc) is 2.41. The van der Waals surface area contributed by atoms with E-state index in [-0.39, 0.29) is 24.5 Å². The van der Waals surface area contributed by atoms with Crippen LogP contribution >= 0.6 is 11.6 Å². The fourth-order valence-electron chi connectivity index (χ4n) is 1.59. The first-order valence-corrected chi connectivity index (χ1v) is 7.67. The van der Waals surface area contributed by atoms with Gasteiger partial charge in [-0.15, -0.1) is 0 Å². The summed E-state index contributed by atoms with van der Waals surface area (Å²) in [7, 11) is -2.83. The van der Waals surface area contributed by atoms with E-state index in [0.29, 0.717) is 0 Å². The third-order valence-corrected chi connectivity index (χ3v) is 4.96. The standard InChI is InChI=1S/C12H15ClFNO4S/c1-3-15(8-7-11(16)19-2)20(17,18)10-6-4-5-9(13)12(10)14/h4-6H,3,7-8H2,1-2H3. The molecule has 0 fully saturated rings. The van der Waals surface area contributed by atoms with E-state index in [2.05, 4.69) is 4.74 Å². The molecule has 0 aliphatic carbocycles. The number of nitrogens with zero attached hydrogens (tertiary/aromatic N) is 1. The summed E-state index contributed by atoms with van der Waals surface area (Å²) in [5, 5.41) is -0.268. The molecule has 1 aromatic carbocycles. The molecule has 20 heavy (non-hydrogen) atoms. The normalized spacial score (nSPS) is 11.7. The summed E-state index contributed by atoms with van der Waals surface area (Å²) in [5.41, 5.74) is 0. The smallest absolute Gasteiger partial charge is 0.306 e. The number of methoxy groups -OCH3 is 1. The Hall–Kier alpha value is -1.18. The molecule has 0 amide bonds. The van der Waals surface area contributed by atoms with Crippen molar-refractivity contribution in [1.82, 2.24) is 4.31 Å². The van der Waals surface area contributed by atoms with Gasteiger partial charge in [0.05, 0.1) is 18.6 Å². The van der Waals surface area contributed by atoms with Gasteiger partial charge in [0, 0.05) is 13.1 Å². The lowest BCUT2D eigenvalue weighted by atomic mass is 10.3. The molecule has 0 bridgehead atoms. The fourth-order valence-corrected chi connectivity index (χ4v) is 3.36. The lowest BCUT2D eigenvalue weighted by Gasteiger charge is -2.20. The molecular formula is C12H15ClFNO4S. The molecule has 112 valence electrons. The number of hydrogen-bond donors (Lipinski definition) is 0. The molecule has 5 nitrogen and oxygen atoms in total. The van der Waals surface area contributed by atoms with Crippen LogP contribution in [0.1, 0.15) is 13.3 Å². The molecule has 0 spiro atoms. The molecule has 1 rings (SSSR count). The van der Waals surface area contributed by atoms with Gasteiger partial charge in [0.25, 0.3) is 0 Å². The van der Waals surface area contributed by atoms with Crippen molar-refractivity contribution in [3.05, 3.63) is 29.0 Å². The maximum atomic E-state index is 13.8. The second-order valence-electron chi connectivity index (χ2n) is 3.87. The van der Waals surface area contributed by atoms with Crippen LogP contribution in [0, 0.1) is 5.82 Å². The maximum absolute atomic E-state index is 13.8. The van der Waals surface area contributed by atoms with Gasteiger partial charge in [-0.1, -0.05) is 24.6 Å². The molecule has 0 aliphatic heterocycles. The van der Waals surface area contributed by atoms with Crippen molar-refractivity contribution in [2.24, 2.45) is 0 Å². The van der Waals surface area contributed by atoms with Gasteiger partial charge in [-0.25, -0.2) is 12.8 Å². The van der Waals surface area contributed by atoms with Crippen molar-refractivity contribution >= 4 is 27.6 Å². The highest BCUT2D eigenvalue weighted by Gasteiger charge is 2.27. The molecule has 0 radical (unpaired) electrons. The summed E-state index contributed by atoms with van der Waals surface area (Å²) in [4.78, 5) is 10.6. The van der Waals surface area contributed by atoms with Crippen LogP contribution in [0.5, 0.6) is 0 Å². The van der Waals surface area contributed by atoms with E-state index >= 15 is 0 Å². The quantitative estimate of drug-likeness (QED) is 0.752. The van der Waals surface area contributed by atoms with Crippen molar-refractivity contribution in [1.29, 1.82) is 0 Å². The van der Waals surface area contributed by atoms with Gasteiger partial charge < -0.3 is 4.74 Å². The molecule has 0 aliphatic rings. The number of sulfonamides is 1. The molecule has 0 heterocycles. The van der Waals surface area contributed by atoms with Crippen molar-refractivity contribution in [2.75, 3.05) is 20.2 Å². The summed E-state index contributed by atoms with van der Waals surface area (Å²) in [6.45, 7) is 1.61. The van der Waals surface area contributed by atoms with Gasteiger partial charge >= 0.3 is 5.97 Å². The summed E-state index contributed by atoms with van der Waals surface area (Å²) in [6, 6.07) is 3.75. The van der Waals surface area contributed by atoms with Crippen LogP contribution in [0.2, 0.25) is 5.02 Å². The average molecular weight is 324 g/mol. The Morgan fingerprint density at radius 2 is 2.10 bits per heavy atom. The number of rotatable bonds is 6. The number of hydrogen-bond acceptors (Lipinski definition) is 4. The number of carbonyl (C=O) groups is 1. The number of halogens is 2. The van der Waals surface area contributed by atoms with E-state index in [1.807, 2.05) is 0 Å². The Labute approximate surface area is 122 Å². The van der Waals surface area contributed by atoms with Crippen molar-refractivity contribution in [3.63, 3.8) is 0 Å². The first-order valence-electron chi connectivity index (χ1n) is 5.85. The summed E-state index contributed by atoms with van der Waals surface area (Å²) in [6.07, 6.45) is -0.105. The zero-order valence-electron chi connectivity index (χ0n) is 11.1. The SMILES string of the molecule is CCN(CCC(=O)OC)S(=O)(=O)c1cccc(Cl)c1F. The lowest BCUT2D eigenvalue weighted by Crippen LogP contribution is -2.33. The number of benzene rings is 1. The largest absolute Gasteiger partial charge is 0.469 e. The number of esters is 1. The molecule has 1 aromatic rings. The van der Waals surface area contributed by atoms with Crippen molar-refractivity contribution in [3.8, 4) is 0 Å². The Morgan fingerprint density at radius 3 is 2.65 bits per heavy atom. The Kier molecular flexibility index (Phi) is 5.91. The molecular weight excluding hydrogens is 309 g/mol. The first-order chi connectivity index (χ1) is 9.34. The van der Waals surface area contributed by atoms with Crippen molar-refractivity contribution in [2.45, 2.75) is 18.2 Å². The molecule has 8 heteroatoms. The zero-order chi connectivity index (χ0) is 15.3. The highest BCUT2D eigenvalue weighted by molar-refractivity contribution is 7.89. The molecule has 0 saturated heterocycles. The Balaban J connectivity index is 3.06. The molecule has 0 aromatic heterocycles. The van der Waals surface area contributed by atoms with Gasteiger partial charge in [-0.05, 0) is 12.1 Å². The monoisotopic (exact) mass is 323 g/mol. The van der Waals surface area contributed by atoms with Gasteiger partial charge in [0.1, 0.15) is 4.90 Å². The maximum Gasteiger partial charge on any atom is 0.306 e. The fraction of sp³-hybridized carbons (Fsp3) is 0.417. The third kappa shape index (κ3) is 3.68. The third-order valence-electron chi connectivity index (χ3n) is 2.68. The van der Waals surface area contributed by atoms with Crippen LogP contribution in [-0.4, -0.2) is 38.9 Å². The van der Waals surface area contributed by atoms with E-state index in [4.69, 9.17) is 11.6 Å². The van der Waals surface area contributed by atoms with Crippen LogP contribution in [0.4, 0.5) is 4.39 Å². The molecule has 0 N–H and O–H groups in total. The van der Waals surface area contributed by atoms with E-state index in [0.717, 1.165) is 10.4 Å². The van der Waals surface area contributed by atoms with E-state index < -0.39 is 26.7 Å². The second kappa shape index (κ2) is 7.01. The van der Waals surface area contributed by atoms with Gasteiger partial charge in [0.2, 0.25) is 10.0 Å². The minimum Gasteiger partial charge on any atom is -0.469 e. The topological polar surface area (TPSA) is 63.7 Å². The first kappa shape index (κ1) is 16.9. The van der Waals surface area contributed by atoms with Gasteiger partial charge in [-0.2, -0.15) is 4.31 Å². The van der Waals surface area contributed by atoms with Crippen LogP contribution in [0.25, 0.3) is 0 Å². The van der Waals surface area contributed by atoms with Crippen LogP contribution in [0.3, 0.4) is 0 Å². The van der Waals surface area contributed by atoms with Gasteiger partial charge in [0.15, 0.2) is 5.82 Å². The number of carbonyl (C=O) groups excluding carboxylic acids is 1. The summed E-state index contributed by atoms with van der Waals surface area (Å²) in [5.74, 6) is -1.53. The van der Waals surface area contributed by atoms with Crippen LogP contribution < -0.4 is 0 Å². The van der Waals surface area contributed by atoms with Gasteiger partial charge in [-0.3, -0.25) is 4.79 Å². The highest BCUT2D eigenvalue weighted by Crippen LogP contribution is 2.24. The molecule has 0 atom stereocenters. The minimum atomic E-state index is -4.04. The lowest BCUT2D eigenvalue weighted by molar-refractivity contribution is -0.140.